The van der Waals surface area contributed by atoms with Crippen molar-refractivity contribution < 1.29 is 23.5 Å². The van der Waals surface area contributed by atoms with Gasteiger partial charge < -0.3 is 29.5 Å². The average Bonchev–Trinajstić information content (AvgIpc) is 3.22. The van der Waals surface area contributed by atoms with Crippen LogP contribution in [0.5, 0.6) is 5.95 Å². The Bertz CT molecular complexity index is 1500. The number of amides is 2. The third-order valence-electron chi connectivity index (χ3n) is 5.40. The molecule has 4 rings (SSSR count). The maximum Gasteiger partial charge on any atom is 0.408 e. The molecule has 0 radical (unpaired) electrons. The number of carbonyl (C=O) groups excluding carboxylic acids is 2. The molecule has 2 heterocycles. The van der Waals surface area contributed by atoms with E-state index in [9.17, 15) is 14.4 Å². The summed E-state index contributed by atoms with van der Waals surface area (Å²) in [6, 6.07) is 11.3. The Morgan fingerprint density at radius 2 is 1.86 bits per heavy atom. The van der Waals surface area contributed by atoms with E-state index in [-0.39, 0.29) is 22.8 Å². The van der Waals surface area contributed by atoms with Crippen LogP contribution in [0.2, 0.25) is 5.02 Å². The number of aromatic nitrogens is 1. The molecule has 0 aliphatic carbocycles. The Morgan fingerprint density at radius 3 is 2.58 bits per heavy atom. The van der Waals surface area contributed by atoms with Gasteiger partial charge in [-0.1, -0.05) is 35.9 Å². The van der Waals surface area contributed by atoms with Gasteiger partial charge in [0.2, 0.25) is 5.91 Å². The molecule has 3 N–H and O–H groups in total. The van der Waals surface area contributed by atoms with E-state index >= 15 is 0 Å². The third-order valence-corrected chi connectivity index (χ3v) is 5.76. The molecule has 0 aliphatic rings. The molecular weight excluding hydrogens is 486 g/mol. The van der Waals surface area contributed by atoms with E-state index in [0.717, 1.165) is 16.5 Å². The summed E-state index contributed by atoms with van der Waals surface area (Å²) in [4.78, 5) is 41.4. The number of hydrogen-bond donors (Lipinski definition) is 3. The maximum absolute atomic E-state index is 13.3. The second-order valence-electron chi connectivity index (χ2n) is 9.21. The van der Waals surface area contributed by atoms with Gasteiger partial charge in [-0.3, -0.25) is 4.79 Å². The van der Waals surface area contributed by atoms with Crippen molar-refractivity contribution in [3.8, 4) is 5.95 Å². The number of anilines is 1. The number of ether oxygens (including phenoxy) is 2. The molecule has 0 spiro atoms. The first-order valence-corrected chi connectivity index (χ1v) is 11.6. The van der Waals surface area contributed by atoms with Crippen molar-refractivity contribution in [3.63, 3.8) is 0 Å². The Labute approximate surface area is 211 Å². The normalized spacial score (nSPS) is 12.4. The zero-order chi connectivity index (χ0) is 26.0. The van der Waals surface area contributed by atoms with Crippen molar-refractivity contribution in [2.75, 3.05) is 12.4 Å². The van der Waals surface area contributed by atoms with Crippen LogP contribution in [-0.2, 0) is 16.0 Å². The lowest BCUT2D eigenvalue weighted by molar-refractivity contribution is -0.118. The molecule has 1 atom stereocenters. The van der Waals surface area contributed by atoms with Gasteiger partial charge in [0.05, 0.1) is 12.5 Å². The van der Waals surface area contributed by atoms with Crippen molar-refractivity contribution in [3.05, 3.63) is 69.7 Å². The molecule has 2 aromatic carbocycles. The summed E-state index contributed by atoms with van der Waals surface area (Å²) >= 11 is 6.25. The number of para-hydroxylation sites is 1. The van der Waals surface area contributed by atoms with Crippen LogP contribution < -0.4 is 21.0 Å². The molecule has 4 aromatic rings. The molecule has 9 nitrogen and oxygen atoms in total. The van der Waals surface area contributed by atoms with Gasteiger partial charge >= 0.3 is 17.7 Å². The van der Waals surface area contributed by atoms with Gasteiger partial charge in [-0.05, 0) is 44.5 Å². The topological polar surface area (TPSA) is 123 Å². The average molecular weight is 512 g/mol. The minimum Gasteiger partial charge on any atom is -0.467 e. The summed E-state index contributed by atoms with van der Waals surface area (Å²) < 4.78 is 15.4. The highest BCUT2D eigenvalue weighted by Gasteiger charge is 2.26. The van der Waals surface area contributed by atoms with Crippen LogP contribution in [0.15, 0.2) is 57.9 Å². The number of H-pyrrole nitrogens is 1. The lowest BCUT2D eigenvalue weighted by Gasteiger charge is -2.23. The van der Waals surface area contributed by atoms with Gasteiger partial charge in [0, 0.05) is 34.6 Å². The van der Waals surface area contributed by atoms with Crippen LogP contribution in [0, 0.1) is 0 Å². The second kappa shape index (κ2) is 9.94. The Morgan fingerprint density at radius 1 is 1.11 bits per heavy atom. The van der Waals surface area contributed by atoms with Crippen molar-refractivity contribution in [1.82, 2.24) is 10.3 Å². The third kappa shape index (κ3) is 5.46. The highest BCUT2D eigenvalue weighted by atomic mass is 35.5. The van der Waals surface area contributed by atoms with Gasteiger partial charge in [-0.15, -0.1) is 0 Å². The molecule has 0 saturated heterocycles. The fourth-order valence-corrected chi connectivity index (χ4v) is 4.10. The number of carbonyl (C=O) groups is 2. The minimum absolute atomic E-state index is 0.0914. The number of rotatable bonds is 6. The predicted molar refractivity (Wildman–Crippen MR) is 138 cm³/mol. The monoisotopic (exact) mass is 511 g/mol. The van der Waals surface area contributed by atoms with Gasteiger partial charge in [0.1, 0.15) is 16.7 Å². The molecule has 188 valence electrons. The number of nitrogens with one attached hydrogen (secondary N) is 3. The zero-order valence-corrected chi connectivity index (χ0v) is 21.0. The molecule has 36 heavy (non-hydrogen) atoms. The summed E-state index contributed by atoms with van der Waals surface area (Å²) in [5.41, 5.74) is 0.691. The molecule has 0 bridgehead atoms. The van der Waals surface area contributed by atoms with E-state index in [1.807, 2.05) is 24.3 Å². The Hall–Kier alpha value is -3.98. The highest BCUT2D eigenvalue weighted by molar-refractivity contribution is 6.36. The van der Waals surface area contributed by atoms with E-state index in [2.05, 4.69) is 15.6 Å². The second-order valence-corrected chi connectivity index (χ2v) is 9.59. The van der Waals surface area contributed by atoms with E-state index < -0.39 is 29.3 Å². The first kappa shape index (κ1) is 25.1. The Kier molecular flexibility index (Phi) is 6.94. The predicted octanol–water partition coefficient (Wildman–Crippen LogP) is 5.01. The quantitative estimate of drug-likeness (QED) is 0.334. The molecular formula is C26H26ClN3O6. The summed E-state index contributed by atoms with van der Waals surface area (Å²) in [5, 5.41) is 7.11. The maximum atomic E-state index is 13.3. The Balaban J connectivity index is 1.62. The fraction of sp³-hybridized carbons (Fsp3) is 0.269. The van der Waals surface area contributed by atoms with E-state index in [0.29, 0.717) is 11.1 Å². The highest BCUT2D eigenvalue weighted by Crippen LogP contribution is 2.31. The lowest BCUT2D eigenvalue weighted by atomic mass is 10.0. The number of aromatic amines is 1. The molecule has 2 aromatic heterocycles. The van der Waals surface area contributed by atoms with Crippen LogP contribution in [0.4, 0.5) is 10.5 Å². The standard InChI is InChI=1S/C26H26ClN3O6/c1-26(2,3)36-25(33)30-20(11-14-13-28-19-8-6-5-7-16(14)19)22(31)29-15-9-10-17-18(12-15)23(32)35-24(34-4)21(17)27/h5-10,12-13,20,28H,11H2,1-4H3,(H,29,31)(H,30,33)/t20-/m0/s1. The van der Waals surface area contributed by atoms with Crippen molar-refractivity contribution in [1.29, 1.82) is 0 Å². The number of alkyl carbamates (subject to hydrolysis) is 1. The summed E-state index contributed by atoms with van der Waals surface area (Å²) in [7, 11) is 1.34. The SMILES string of the molecule is COc1oc(=O)c2cc(NC(=O)[C@H](Cc3c[nH]c4ccccc34)NC(=O)OC(C)(C)C)ccc2c1Cl. The van der Waals surface area contributed by atoms with E-state index in [4.69, 9.17) is 25.5 Å². The summed E-state index contributed by atoms with van der Waals surface area (Å²) in [6.45, 7) is 5.21. The molecule has 0 unspecified atom stereocenters. The van der Waals surface area contributed by atoms with Crippen LogP contribution in [0.1, 0.15) is 26.3 Å². The molecule has 0 fully saturated rings. The summed E-state index contributed by atoms with van der Waals surface area (Å²) in [5.74, 6) is -0.583. The number of halogens is 1. The summed E-state index contributed by atoms with van der Waals surface area (Å²) in [6.07, 6.45) is 1.28. The smallest absolute Gasteiger partial charge is 0.408 e. The minimum atomic E-state index is -0.967. The largest absolute Gasteiger partial charge is 0.467 e. The van der Waals surface area contributed by atoms with Crippen LogP contribution in [-0.4, -0.2) is 35.7 Å². The van der Waals surface area contributed by atoms with Gasteiger partial charge in [-0.2, -0.15) is 0 Å². The first-order valence-electron chi connectivity index (χ1n) is 11.2. The van der Waals surface area contributed by atoms with Crippen LogP contribution >= 0.6 is 11.6 Å². The van der Waals surface area contributed by atoms with Gasteiger partial charge in [0.25, 0.3) is 0 Å². The number of benzene rings is 2. The molecule has 0 saturated carbocycles. The molecule has 0 aliphatic heterocycles. The number of methoxy groups -OCH3 is 1. The van der Waals surface area contributed by atoms with Crippen molar-refractivity contribution in [2.24, 2.45) is 0 Å². The fourth-order valence-electron chi connectivity index (χ4n) is 3.82. The molecule has 2 amide bonds. The van der Waals surface area contributed by atoms with Crippen molar-refractivity contribution in [2.45, 2.75) is 38.8 Å². The van der Waals surface area contributed by atoms with E-state index in [1.165, 1.54) is 13.2 Å². The molecule has 10 heteroatoms. The van der Waals surface area contributed by atoms with E-state index in [1.54, 1.807) is 39.1 Å². The zero-order valence-electron chi connectivity index (χ0n) is 20.2. The van der Waals surface area contributed by atoms with Gasteiger partial charge in [-0.25, -0.2) is 9.59 Å². The lowest BCUT2D eigenvalue weighted by Crippen LogP contribution is -2.47. The van der Waals surface area contributed by atoms with Crippen LogP contribution in [0.3, 0.4) is 0 Å². The number of hydrogen-bond acceptors (Lipinski definition) is 6. The number of fused-ring (bicyclic) bond motifs is 2. The van der Waals surface area contributed by atoms with Crippen LogP contribution in [0.25, 0.3) is 21.7 Å². The van der Waals surface area contributed by atoms with Crippen molar-refractivity contribution >= 4 is 51.0 Å². The van der Waals surface area contributed by atoms with Gasteiger partial charge in [0.15, 0.2) is 0 Å². The first-order chi connectivity index (χ1) is 17.1.